The molecule has 2 heterocycles. The van der Waals surface area contributed by atoms with Gasteiger partial charge in [0.25, 0.3) is 5.91 Å². The Balaban J connectivity index is 1.54. The lowest BCUT2D eigenvalue weighted by molar-refractivity contribution is -0.129. The van der Waals surface area contributed by atoms with E-state index in [4.69, 9.17) is 9.47 Å². The van der Waals surface area contributed by atoms with Crippen LogP contribution in [0.25, 0.3) is 6.08 Å². The van der Waals surface area contributed by atoms with Crippen molar-refractivity contribution in [3.8, 4) is 5.75 Å². The summed E-state index contributed by atoms with van der Waals surface area (Å²) in [5.41, 5.74) is 1.74. The van der Waals surface area contributed by atoms with Gasteiger partial charge >= 0.3 is 0 Å². The first kappa shape index (κ1) is 27.6. The van der Waals surface area contributed by atoms with Crippen LogP contribution in [-0.2, 0) is 14.3 Å². The number of rotatable bonds is 13. The van der Waals surface area contributed by atoms with Crippen LogP contribution in [0.4, 0.5) is 0 Å². The second-order valence-corrected chi connectivity index (χ2v) is 9.70. The topological polar surface area (TPSA) is 79.3 Å². The third kappa shape index (κ3) is 7.11. The normalized spacial score (nSPS) is 18.5. The fraction of sp³-hybridized carbons (Fsp3) is 0.419. The van der Waals surface area contributed by atoms with E-state index in [-0.39, 0.29) is 11.4 Å². The number of unbranched alkanes of at least 4 members (excludes halogenated alkanes) is 3. The summed E-state index contributed by atoms with van der Waals surface area (Å²) in [6.45, 7) is 6.77. The Morgan fingerprint density at radius 2 is 1.76 bits per heavy atom. The van der Waals surface area contributed by atoms with Crippen molar-refractivity contribution in [2.24, 2.45) is 0 Å². The van der Waals surface area contributed by atoms with E-state index < -0.39 is 17.7 Å². The van der Waals surface area contributed by atoms with Crippen molar-refractivity contribution < 1.29 is 24.2 Å². The Hall–Kier alpha value is -3.42. The number of ether oxygens (including phenoxy) is 2. The van der Waals surface area contributed by atoms with Gasteiger partial charge in [-0.2, -0.15) is 0 Å². The minimum atomic E-state index is -0.671. The van der Waals surface area contributed by atoms with Gasteiger partial charge in [-0.15, -0.1) is 0 Å². The van der Waals surface area contributed by atoms with Crippen LogP contribution in [0.3, 0.4) is 0 Å². The number of nitrogens with zero attached hydrogens (tertiary/aromatic N) is 2. The zero-order chi connectivity index (χ0) is 26.7. The number of carbonyl (C=O) groups excluding carboxylic acids is 2. The van der Waals surface area contributed by atoms with Crippen LogP contribution >= 0.6 is 0 Å². The number of allylic oxidation sites excluding steroid dienone is 1. The van der Waals surface area contributed by atoms with Crippen molar-refractivity contribution in [1.29, 1.82) is 0 Å². The van der Waals surface area contributed by atoms with Crippen molar-refractivity contribution in [2.45, 2.75) is 38.6 Å². The molecule has 2 aliphatic heterocycles. The summed E-state index contributed by atoms with van der Waals surface area (Å²) in [5.74, 6) is -0.624. The third-order valence-corrected chi connectivity index (χ3v) is 7.02. The van der Waals surface area contributed by atoms with Gasteiger partial charge in [0, 0.05) is 26.2 Å². The highest BCUT2D eigenvalue weighted by atomic mass is 16.5. The second kappa shape index (κ2) is 13.9. The molecule has 1 saturated heterocycles. The lowest BCUT2D eigenvalue weighted by atomic mass is 9.95. The smallest absolute Gasteiger partial charge is 0.290 e. The van der Waals surface area contributed by atoms with E-state index in [1.54, 1.807) is 11.0 Å². The molecule has 0 bridgehead atoms. The van der Waals surface area contributed by atoms with Gasteiger partial charge < -0.3 is 19.5 Å². The van der Waals surface area contributed by atoms with Crippen molar-refractivity contribution >= 4 is 17.8 Å². The number of ketones is 1. The minimum absolute atomic E-state index is 0.109. The van der Waals surface area contributed by atoms with Crippen LogP contribution in [0.2, 0.25) is 0 Å². The molecule has 1 amide bonds. The van der Waals surface area contributed by atoms with E-state index >= 15 is 0 Å². The predicted octanol–water partition coefficient (Wildman–Crippen LogP) is 4.96. The molecule has 202 valence electrons. The van der Waals surface area contributed by atoms with Crippen LogP contribution in [0.1, 0.15) is 49.8 Å². The third-order valence-electron chi connectivity index (χ3n) is 7.02. The fourth-order valence-electron chi connectivity index (χ4n) is 4.85. The molecule has 0 radical (unpaired) electrons. The molecule has 0 saturated carbocycles. The predicted molar refractivity (Wildman–Crippen MR) is 148 cm³/mol. The molecule has 0 spiro atoms. The number of hydrogen-bond donors (Lipinski definition) is 1. The quantitative estimate of drug-likeness (QED) is 0.298. The maximum Gasteiger partial charge on any atom is 0.290 e. The van der Waals surface area contributed by atoms with E-state index in [0.29, 0.717) is 32.9 Å². The van der Waals surface area contributed by atoms with Gasteiger partial charge in [-0.25, -0.2) is 0 Å². The van der Waals surface area contributed by atoms with Crippen LogP contribution in [-0.4, -0.2) is 72.6 Å². The molecule has 1 N–H and O–H groups in total. The molecule has 38 heavy (non-hydrogen) atoms. The molecule has 2 aliphatic rings. The maximum absolute atomic E-state index is 13.4. The molecule has 1 fully saturated rings. The summed E-state index contributed by atoms with van der Waals surface area (Å²) in [6.07, 6.45) is 7.66. The molecule has 7 heteroatoms. The Kier molecular flexibility index (Phi) is 10.1. The first-order valence-corrected chi connectivity index (χ1v) is 13.6. The molecule has 4 rings (SSSR count). The highest BCUT2D eigenvalue weighted by Crippen LogP contribution is 2.38. The fourth-order valence-corrected chi connectivity index (χ4v) is 4.85. The number of aliphatic hydroxyl groups excluding tert-OH is 1. The van der Waals surface area contributed by atoms with Crippen molar-refractivity contribution in [3.05, 3.63) is 83.1 Å². The maximum atomic E-state index is 13.4. The molecule has 7 nitrogen and oxygen atoms in total. The number of morpholine rings is 1. The monoisotopic (exact) mass is 518 g/mol. The lowest BCUT2D eigenvalue weighted by Gasteiger charge is -2.31. The van der Waals surface area contributed by atoms with E-state index in [1.165, 1.54) is 18.9 Å². The molecule has 2 aromatic carbocycles. The average Bonchev–Trinajstić information content (AvgIpc) is 3.21. The molecule has 1 atom stereocenters. The van der Waals surface area contributed by atoms with Crippen LogP contribution < -0.4 is 4.74 Å². The van der Waals surface area contributed by atoms with Gasteiger partial charge in [-0.1, -0.05) is 74.7 Å². The summed E-state index contributed by atoms with van der Waals surface area (Å²) in [5, 5.41) is 10.9. The number of hydrogen-bond acceptors (Lipinski definition) is 6. The first-order valence-electron chi connectivity index (χ1n) is 13.6. The number of benzene rings is 2. The molecule has 0 aliphatic carbocycles. The standard InChI is InChI=1S/C31H38N2O5/c1-2-3-4-8-21-38-26-14-12-25(13-15-26)29-28(27(34)16-11-24-9-6-5-7-10-24)30(35)31(36)33(29)18-17-32-19-22-37-23-20-32/h5-7,9-16,29,35H,2-4,8,17-23H2,1H3. The molecule has 0 aromatic heterocycles. The van der Waals surface area contributed by atoms with Crippen LogP contribution in [0, 0.1) is 0 Å². The highest BCUT2D eigenvalue weighted by Gasteiger charge is 2.42. The van der Waals surface area contributed by atoms with Gasteiger partial charge in [0.1, 0.15) is 5.75 Å². The Labute approximate surface area is 225 Å². The van der Waals surface area contributed by atoms with E-state index in [2.05, 4.69) is 11.8 Å². The van der Waals surface area contributed by atoms with E-state index in [9.17, 15) is 14.7 Å². The van der Waals surface area contributed by atoms with Gasteiger partial charge in [0.05, 0.1) is 31.4 Å². The van der Waals surface area contributed by atoms with Gasteiger partial charge in [-0.3, -0.25) is 14.5 Å². The van der Waals surface area contributed by atoms with Crippen molar-refractivity contribution in [2.75, 3.05) is 46.0 Å². The van der Waals surface area contributed by atoms with Crippen molar-refractivity contribution in [1.82, 2.24) is 9.80 Å². The minimum Gasteiger partial charge on any atom is -0.503 e. The number of carbonyl (C=O) groups is 2. The van der Waals surface area contributed by atoms with Gasteiger partial charge in [0.15, 0.2) is 11.5 Å². The SMILES string of the molecule is CCCCCCOc1ccc(C2C(C(=O)C=Cc3ccccc3)=C(O)C(=O)N2CCN2CCOCC2)cc1. The number of aliphatic hydroxyl groups is 1. The highest BCUT2D eigenvalue weighted by molar-refractivity contribution is 6.14. The number of amides is 1. The van der Waals surface area contributed by atoms with E-state index in [0.717, 1.165) is 42.8 Å². The lowest BCUT2D eigenvalue weighted by Crippen LogP contribution is -2.43. The van der Waals surface area contributed by atoms with E-state index in [1.807, 2.05) is 54.6 Å². The molecule has 1 unspecified atom stereocenters. The Morgan fingerprint density at radius 3 is 2.47 bits per heavy atom. The Bertz CT molecular complexity index is 1120. The van der Waals surface area contributed by atoms with Crippen LogP contribution in [0.5, 0.6) is 5.75 Å². The van der Waals surface area contributed by atoms with Gasteiger partial charge in [-0.05, 0) is 35.8 Å². The molecular formula is C31H38N2O5. The first-order chi connectivity index (χ1) is 18.6. The summed E-state index contributed by atoms with van der Waals surface area (Å²) in [7, 11) is 0. The molecule has 2 aromatic rings. The molecular weight excluding hydrogens is 480 g/mol. The summed E-state index contributed by atoms with van der Waals surface area (Å²) in [6, 6.07) is 16.3. The summed E-state index contributed by atoms with van der Waals surface area (Å²) in [4.78, 5) is 30.4. The zero-order valence-corrected chi connectivity index (χ0v) is 22.2. The largest absolute Gasteiger partial charge is 0.503 e. The summed E-state index contributed by atoms with van der Waals surface area (Å²) < 4.78 is 11.3. The van der Waals surface area contributed by atoms with Gasteiger partial charge in [0.2, 0.25) is 0 Å². The second-order valence-electron chi connectivity index (χ2n) is 9.70. The summed E-state index contributed by atoms with van der Waals surface area (Å²) >= 11 is 0. The Morgan fingerprint density at radius 1 is 1.03 bits per heavy atom. The zero-order valence-electron chi connectivity index (χ0n) is 22.2. The van der Waals surface area contributed by atoms with Crippen molar-refractivity contribution in [3.63, 3.8) is 0 Å². The average molecular weight is 519 g/mol. The van der Waals surface area contributed by atoms with Crippen LogP contribution in [0.15, 0.2) is 72.0 Å².